The van der Waals surface area contributed by atoms with Gasteiger partial charge in [0.2, 0.25) is 0 Å². The Kier molecular flexibility index (Phi) is 5.04. The van der Waals surface area contributed by atoms with E-state index in [9.17, 15) is 9.18 Å². The zero-order valence-corrected chi connectivity index (χ0v) is 14.7. The molecule has 0 aliphatic carbocycles. The molecule has 2 fully saturated rings. The van der Waals surface area contributed by atoms with E-state index in [1.807, 2.05) is 0 Å². The molecule has 3 heterocycles. The van der Waals surface area contributed by atoms with Crippen LogP contribution >= 0.6 is 0 Å². The van der Waals surface area contributed by atoms with Crippen molar-refractivity contribution in [3.05, 3.63) is 48.0 Å². The Morgan fingerprint density at radius 3 is 2.65 bits per heavy atom. The molecule has 0 saturated carbocycles. The monoisotopic (exact) mass is 358 g/mol. The number of carbonyl (C=O) groups excluding carboxylic acids is 1. The summed E-state index contributed by atoms with van der Waals surface area (Å²) in [7, 11) is 0. The minimum absolute atomic E-state index is 0.135. The van der Waals surface area contributed by atoms with Gasteiger partial charge >= 0.3 is 0 Å². The molecule has 0 N–H and O–H groups in total. The van der Waals surface area contributed by atoms with Crippen molar-refractivity contribution in [2.45, 2.75) is 18.9 Å². The average molecular weight is 358 g/mol. The maximum absolute atomic E-state index is 13.9. The zero-order valence-electron chi connectivity index (χ0n) is 14.7. The fraction of sp³-hybridized carbons (Fsp3) is 0.450. The summed E-state index contributed by atoms with van der Waals surface area (Å²) < 4.78 is 25.2. The SMILES string of the molecule is O=C(c1ccc(-c2ccccc2F)o1)N1CCN(CC2CCCO2)CC1. The normalized spacial score (nSPS) is 21.3. The number of rotatable bonds is 4. The predicted molar refractivity (Wildman–Crippen MR) is 95.4 cm³/mol. The van der Waals surface area contributed by atoms with Crippen LogP contribution in [0.1, 0.15) is 23.4 Å². The molecule has 1 aromatic carbocycles. The molecule has 1 amide bonds. The molecule has 0 spiro atoms. The van der Waals surface area contributed by atoms with E-state index in [2.05, 4.69) is 4.90 Å². The van der Waals surface area contributed by atoms with E-state index in [0.29, 0.717) is 30.5 Å². The van der Waals surface area contributed by atoms with Gasteiger partial charge in [-0.1, -0.05) is 12.1 Å². The first-order valence-corrected chi connectivity index (χ1v) is 9.19. The second-order valence-corrected chi connectivity index (χ2v) is 6.87. The quantitative estimate of drug-likeness (QED) is 0.843. The van der Waals surface area contributed by atoms with E-state index in [-0.39, 0.29) is 17.5 Å². The Balaban J connectivity index is 1.36. The number of halogens is 1. The van der Waals surface area contributed by atoms with Crippen molar-refractivity contribution in [3.8, 4) is 11.3 Å². The van der Waals surface area contributed by atoms with E-state index in [4.69, 9.17) is 9.15 Å². The summed E-state index contributed by atoms with van der Waals surface area (Å²) >= 11 is 0. The van der Waals surface area contributed by atoms with Gasteiger partial charge in [0.15, 0.2) is 5.76 Å². The highest BCUT2D eigenvalue weighted by Crippen LogP contribution is 2.25. The van der Waals surface area contributed by atoms with Crippen molar-refractivity contribution >= 4 is 5.91 Å². The highest BCUT2D eigenvalue weighted by molar-refractivity contribution is 5.92. The van der Waals surface area contributed by atoms with Gasteiger partial charge in [0.25, 0.3) is 5.91 Å². The third-order valence-corrected chi connectivity index (χ3v) is 5.10. The van der Waals surface area contributed by atoms with Crippen molar-refractivity contribution in [2.75, 3.05) is 39.3 Å². The van der Waals surface area contributed by atoms with Crippen LogP contribution in [0, 0.1) is 5.82 Å². The van der Waals surface area contributed by atoms with Crippen LogP contribution in [-0.2, 0) is 4.74 Å². The van der Waals surface area contributed by atoms with E-state index in [0.717, 1.165) is 39.1 Å². The van der Waals surface area contributed by atoms with Gasteiger partial charge in [0.1, 0.15) is 11.6 Å². The molecule has 5 nitrogen and oxygen atoms in total. The maximum Gasteiger partial charge on any atom is 0.289 e. The molecule has 26 heavy (non-hydrogen) atoms. The topological polar surface area (TPSA) is 45.9 Å². The van der Waals surface area contributed by atoms with Gasteiger partial charge in [-0.3, -0.25) is 9.69 Å². The molecule has 0 bridgehead atoms. The Morgan fingerprint density at radius 1 is 1.12 bits per heavy atom. The summed E-state index contributed by atoms with van der Waals surface area (Å²) in [6, 6.07) is 9.68. The first kappa shape index (κ1) is 17.2. The van der Waals surface area contributed by atoms with Crippen LogP contribution in [0.4, 0.5) is 4.39 Å². The molecule has 2 saturated heterocycles. The van der Waals surface area contributed by atoms with Crippen molar-refractivity contribution in [1.29, 1.82) is 0 Å². The number of hydrogen-bond acceptors (Lipinski definition) is 4. The molecular weight excluding hydrogens is 335 g/mol. The lowest BCUT2D eigenvalue weighted by molar-refractivity contribution is 0.0417. The number of benzene rings is 1. The summed E-state index contributed by atoms with van der Waals surface area (Å²) in [6.45, 7) is 4.83. The van der Waals surface area contributed by atoms with E-state index < -0.39 is 0 Å². The van der Waals surface area contributed by atoms with E-state index in [1.54, 1.807) is 35.2 Å². The standard InChI is InChI=1S/C20H23FN2O3/c21-17-6-2-1-5-16(17)18-7-8-19(26-18)20(24)23-11-9-22(10-12-23)14-15-4-3-13-25-15/h1-2,5-8,15H,3-4,9-14H2. The Morgan fingerprint density at radius 2 is 1.92 bits per heavy atom. The largest absolute Gasteiger partial charge is 0.451 e. The molecule has 2 aliphatic rings. The molecule has 1 aromatic heterocycles. The summed E-state index contributed by atoms with van der Waals surface area (Å²) in [6.07, 6.45) is 2.61. The first-order chi connectivity index (χ1) is 12.7. The van der Waals surface area contributed by atoms with Crippen LogP contribution < -0.4 is 0 Å². The van der Waals surface area contributed by atoms with Crippen molar-refractivity contribution in [1.82, 2.24) is 9.80 Å². The van der Waals surface area contributed by atoms with Crippen LogP contribution in [0.25, 0.3) is 11.3 Å². The van der Waals surface area contributed by atoms with Crippen molar-refractivity contribution in [3.63, 3.8) is 0 Å². The van der Waals surface area contributed by atoms with Crippen molar-refractivity contribution in [2.24, 2.45) is 0 Å². The minimum atomic E-state index is -0.358. The second-order valence-electron chi connectivity index (χ2n) is 6.87. The lowest BCUT2D eigenvalue weighted by atomic mass is 10.1. The molecule has 2 aromatic rings. The average Bonchev–Trinajstić information content (AvgIpc) is 3.34. The number of piperazine rings is 1. The molecule has 138 valence electrons. The lowest BCUT2D eigenvalue weighted by Gasteiger charge is -2.35. The van der Waals surface area contributed by atoms with E-state index in [1.165, 1.54) is 6.07 Å². The van der Waals surface area contributed by atoms with Crippen LogP contribution in [-0.4, -0.2) is 61.1 Å². The molecule has 2 aliphatic heterocycles. The number of furan rings is 1. The maximum atomic E-state index is 13.9. The third-order valence-electron chi connectivity index (χ3n) is 5.10. The van der Waals surface area contributed by atoms with Gasteiger partial charge in [-0.15, -0.1) is 0 Å². The number of carbonyl (C=O) groups is 1. The molecule has 6 heteroatoms. The minimum Gasteiger partial charge on any atom is -0.451 e. The number of ether oxygens (including phenoxy) is 1. The van der Waals surface area contributed by atoms with Crippen molar-refractivity contribution < 1.29 is 18.3 Å². The number of amides is 1. The van der Waals surface area contributed by atoms with Gasteiger partial charge in [-0.2, -0.15) is 0 Å². The van der Waals surface area contributed by atoms with Crippen LogP contribution in [0.5, 0.6) is 0 Å². The smallest absolute Gasteiger partial charge is 0.289 e. The first-order valence-electron chi connectivity index (χ1n) is 9.19. The lowest BCUT2D eigenvalue weighted by Crippen LogP contribution is -2.50. The van der Waals surface area contributed by atoms with Gasteiger partial charge in [0.05, 0.1) is 11.7 Å². The third kappa shape index (κ3) is 3.66. The van der Waals surface area contributed by atoms with Gasteiger partial charge < -0.3 is 14.1 Å². The van der Waals surface area contributed by atoms with E-state index >= 15 is 0 Å². The Bertz CT molecular complexity index is 762. The predicted octanol–water partition coefficient (Wildman–Crippen LogP) is 3.02. The van der Waals surface area contributed by atoms with Crippen LogP contribution in [0.15, 0.2) is 40.8 Å². The highest BCUT2D eigenvalue weighted by atomic mass is 19.1. The van der Waals surface area contributed by atoms with Gasteiger partial charge in [0, 0.05) is 39.3 Å². The highest BCUT2D eigenvalue weighted by Gasteiger charge is 2.27. The molecule has 4 rings (SSSR count). The Hall–Kier alpha value is -2.18. The van der Waals surface area contributed by atoms with Gasteiger partial charge in [-0.05, 0) is 37.1 Å². The van der Waals surface area contributed by atoms with Gasteiger partial charge in [-0.25, -0.2) is 4.39 Å². The summed E-state index contributed by atoms with van der Waals surface area (Å²) in [4.78, 5) is 16.8. The summed E-state index contributed by atoms with van der Waals surface area (Å²) in [5.41, 5.74) is 0.368. The van der Waals surface area contributed by atoms with Crippen LogP contribution in [0.3, 0.4) is 0 Å². The zero-order chi connectivity index (χ0) is 17.9. The molecule has 1 unspecified atom stereocenters. The molecule has 1 atom stereocenters. The van der Waals surface area contributed by atoms with Crippen LogP contribution in [0.2, 0.25) is 0 Å². The Labute approximate surface area is 152 Å². The fourth-order valence-electron chi connectivity index (χ4n) is 3.62. The molecular formula is C20H23FN2O3. The number of hydrogen-bond donors (Lipinski definition) is 0. The summed E-state index contributed by atoms with van der Waals surface area (Å²) in [5.74, 6) is 0.146. The summed E-state index contributed by atoms with van der Waals surface area (Å²) in [5, 5.41) is 0. The second kappa shape index (κ2) is 7.60. The fourth-order valence-corrected chi connectivity index (χ4v) is 3.62. The molecule has 0 radical (unpaired) electrons. The number of nitrogens with zero attached hydrogens (tertiary/aromatic N) is 2.